The lowest BCUT2D eigenvalue weighted by Gasteiger charge is -2.38. The summed E-state index contributed by atoms with van der Waals surface area (Å²) in [4.78, 5) is 78.3. The Labute approximate surface area is 429 Å². The van der Waals surface area contributed by atoms with E-state index < -0.39 is 23.4 Å². The molecule has 72 heavy (non-hydrogen) atoms. The molecular weight excluding hydrogens is 936 g/mol. The van der Waals surface area contributed by atoms with Crippen LogP contribution in [0, 0.1) is 5.82 Å². The fraction of sp³-hybridized carbons (Fsp3) is 0.473. The number of nitrogens with one attached hydrogen (secondary N) is 2. The van der Waals surface area contributed by atoms with Crippen LogP contribution in [-0.2, 0) is 20.7 Å². The topological polar surface area (TPSA) is 170 Å². The number of hydrogen-bond donors (Lipinski definition) is 2. The van der Waals surface area contributed by atoms with Gasteiger partial charge in [0.05, 0.1) is 35.7 Å². The zero-order valence-electron chi connectivity index (χ0n) is 42.6. The number of carbonyl (C=O) groups excluding carboxylic acids is 4. The molecule has 4 aliphatic rings. The second kappa shape index (κ2) is 25.0. The molecule has 4 fully saturated rings. The quantitative estimate of drug-likeness (QED) is 0.155. The van der Waals surface area contributed by atoms with Crippen molar-refractivity contribution in [3.63, 3.8) is 0 Å². The zero-order chi connectivity index (χ0) is 50.8. The fourth-order valence-electron chi connectivity index (χ4n) is 9.43. The van der Waals surface area contributed by atoms with E-state index in [1.165, 1.54) is 36.6 Å². The Bertz CT molecular complexity index is 2770. The number of aromatic nitrogens is 3. The van der Waals surface area contributed by atoms with Crippen molar-refractivity contribution in [2.45, 2.75) is 110 Å². The molecule has 4 aromatic rings. The summed E-state index contributed by atoms with van der Waals surface area (Å²) in [5, 5.41) is 10.6. The first kappa shape index (κ1) is 55.1. The Balaban J connectivity index is 0.00000279. The van der Waals surface area contributed by atoms with E-state index in [1.54, 1.807) is 66.0 Å². The maximum Gasteiger partial charge on any atom is 0.412 e. The summed E-state index contributed by atoms with van der Waals surface area (Å²) < 4.78 is 27.2. The van der Waals surface area contributed by atoms with Crippen molar-refractivity contribution in [2.75, 3.05) is 64.2 Å². The van der Waals surface area contributed by atoms with Gasteiger partial charge >= 0.3 is 6.09 Å². The molecule has 386 valence electrons. The van der Waals surface area contributed by atoms with Crippen LogP contribution in [0.5, 0.6) is 0 Å². The molecule has 0 radical (unpaired) electrons. The van der Waals surface area contributed by atoms with Gasteiger partial charge in [0, 0.05) is 81.0 Å². The first-order valence-corrected chi connectivity index (χ1v) is 25.2. The molecule has 4 amide bonds. The number of benzene rings is 2. The van der Waals surface area contributed by atoms with Gasteiger partial charge in [0.15, 0.2) is 5.69 Å². The number of piperazine rings is 1. The average Bonchev–Trinajstić information content (AvgIpc) is 4.23. The van der Waals surface area contributed by atoms with Gasteiger partial charge in [-0.25, -0.2) is 19.3 Å². The van der Waals surface area contributed by atoms with E-state index >= 15 is 4.39 Å². The standard InChI is InChI=1S/C53H63FN8O7.C2H6.H2S/c1-6-9-42-41(7-2)45(57-58-49(42)64)29-34-12-15-44(54)43(28-34)50(65)62-26-24-60(25-27-62)47(63)33-59-20-16-39(17-21-59)68-40-18-22-61(23-19-40)51(66)48-46(56-52(67)69-53(3,4)5)31-38(32-55-48)37-11-8-10-36(30-37)35-13-14-35;1-2;/h6-12,15,28,30-32,35,39-40H,1,13-14,16-27,29,33H2,2-5H3,(H,56,67)(H,58,64);1-2H3;1H2/b41-7+,42-9+;;. The van der Waals surface area contributed by atoms with Crippen LogP contribution in [0.15, 0.2) is 72.2 Å². The number of rotatable bonds is 12. The minimum atomic E-state index is -0.723. The molecule has 3 saturated heterocycles. The minimum Gasteiger partial charge on any atom is -0.444 e. The molecule has 0 atom stereocenters. The number of piperidine rings is 2. The lowest BCUT2D eigenvalue weighted by Crippen LogP contribution is -2.53. The maximum atomic E-state index is 15.1. The molecule has 8 rings (SSSR count). The van der Waals surface area contributed by atoms with Crippen LogP contribution in [0.25, 0.3) is 23.3 Å². The number of hydrogen-bond acceptors (Lipinski definition) is 10. The molecule has 0 unspecified atom stereocenters. The number of carbonyl (C=O) groups is 4. The molecule has 3 aliphatic heterocycles. The minimum absolute atomic E-state index is 0. The summed E-state index contributed by atoms with van der Waals surface area (Å²) >= 11 is 0. The molecule has 2 aromatic carbocycles. The fourth-order valence-corrected chi connectivity index (χ4v) is 9.43. The van der Waals surface area contributed by atoms with Crippen molar-refractivity contribution < 1.29 is 33.0 Å². The molecule has 2 N–H and O–H groups in total. The lowest BCUT2D eigenvalue weighted by atomic mass is 10.0. The monoisotopic (exact) mass is 1010 g/mol. The van der Waals surface area contributed by atoms with Crippen molar-refractivity contribution in [3.05, 3.63) is 122 Å². The summed E-state index contributed by atoms with van der Waals surface area (Å²) in [6, 6.07) is 14.6. The Morgan fingerprint density at radius 2 is 1.49 bits per heavy atom. The third kappa shape index (κ3) is 14.1. The Kier molecular flexibility index (Phi) is 19.1. The van der Waals surface area contributed by atoms with E-state index in [0.29, 0.717) is 85.4 Å². The molecule has 5 heterocycles. The summed E-state index contributed by atoms with van der Waals surface area (Å²) in [5.74, 6) is -0.754. The van der Waals surface area contributed by atoms with Crippen LogP contribution in [-0.4, -0.2) is 135 Å². The van der Waals surface area contributed by atoms with Crippen molar-refractivity contribution in [3.8, 4) is 11.1 Å². The lowest BCUT2D eigenvalue weighted by molar-refractivity contribution is -0.135. The van der Waals surface area contributed by atoms with Crippen LogP contribution in [0.2, 0.25) is 0 Å². The first-order valence-electron chi connectivity index (χ1n) is 25.2. The van der Waals surface area contributed by atoms with Gasteiger partial charge in [0.2, 0.25) is 5.91 Å². The normalized spacial score (nSPS) is 17.4. The second-order valence-corrected chi connectivity index (χ2v) is 19.4. The highest BCUT2D eigenvalue weighted by Crippen LogP contribution is 2.41. The average molecular weight is 1010 g/mol. The highest BCUT2D eigenvalue weighted by atomic mass is 32.1. The van der Waals surface area contributed by atoms with Gasteiger partial charge in [-0.3, -0.25) is 29.4 Å². The van der Waals surface area contributed by atoms with Crippen LogP contribution in [0.1, 0.15) is 124 Å². The Hall–Kier alpha value is -6.17. The number of anilines is 1. The molecule has 2 aromatic heterocycles. The number of amides is 4. The largest absolute Gasteiger partial charge is 0.444 e. The number of nitrogens with zero attached hydrogens (tertiary/aromatic N) is 6. The van der Waals surface area contributed by atoms with Crippen molar-refractivity contribution in [1.82, 2.24) is 34.8 Å². The summed E-state index contributed by atoms with van der Waals surface area (Å²) in [5.41, 5.74) is 3.66. The van der Waals surface area contributed by atoms with Gasteiger partial charge in [0.25, 0.3) is 17.4 Å². The van der Waals surface area contributed by atoms with Gasteiger partial charge in [-0.15, -0.1) is 0 Å². The van der Waals surface area contributed by atoms with E-state index in [1.807, 2.05) is 32.9 Å². The number of likely N-dealkylation sites (tertiary alicyclic amines) is 2. The number of pyridine rings is 1. The van der Waals surface area contributed by atoms with Crippen molar-refractivity contribution >= 4 is 55.1 Å². The van der Waals surface area contributed by atoms with Crippen LogP contribution in [0.4, 0.5) is 14.9 Å². The van der Waals surface area contributed by atoms with E-state index in [2.05, 4.69) is 44.1 Å². The predicted molar refractivity (Wildman–Crippen MR) is 283 cm³/mol. The molecule has 1 saturated carbocycles. The number of H-pyrrole nitrogens is 1. The number of halogens is 1. The third-order valence-electron chi connectivity index (χ3n) is 13.3. The highest BCUT2D eigenvalue weighted by molar-refractivity contribution is 7.59. The van der Waals surface area contributed by atoms with E-state index in [0.717, 1.165) is 24.0 Å². The van der Waals surface area contributed by atoms with Gasteiger partial charge in [0.1, 0.15) is 11.4 Å². The summed E-state index contributed by atoms with van der Waals surface area (Å²) in [7, 11) is 0. The highest BCUT2D eigenvalue weighted by Gasteiger charge is 2.33. The van der Waals surface area contributed by atoms with E-state index in [9.17, 15) is 24.0 Å². The van der Waals surface area contributed by atoms with Gasteiger partial charge in [-0.1, -0.05) is 62.9 Å². The van der Waals surface area contributed by atoms with E-state index in [4.69, 9.17) is 9.47 Å². The maximum absolute atomic E-state index is 15.1. The smallest absolute Gasteiger partial charge is 0.412 e. The Morgan fingerprint density at radius 1 is 0.833 bits per heavy atom. The van der Waals surface area contributed by atoms with Crippen LogP contribution in [0.3, 0.4) is 0 Å². The SMILES string of the molecule is C=C/C=c1/c(=O)[nH]nc(Cc2ccc(F)c(C(=O)N3CCN(C(=O)CN4CCC(OC5CCN(C(=O)c6ncc(-c7cccc(C8CC8)c7)cc6NC(=O)OC(C)(C)C)CC5)CC4)CC3)c2)/c1=C/C.CC.S. The third-order valence-corrected chi connectivity index (χ3v) is 13.3. The van der Waals surface area contributed by atoms with Crippen molar-refractivity contribution in [2.24, 2.45) is 0 Å². The first-order chi connectivity index (χ1) is 34.2. The summed E-state index contributed by atoms with van der Waals surface area (Å²) in [6.45, 7) is 18.8. The van der Waals surface area contributed by atoms with Gasteiger partial charge in [-0.05, 0) is 113 Å². The number of aromatic amines is 1. The summed E-state index contributed by atoms with van der Waals surface area (Å²) in [6.07, 6.45) is 11.5. The predicted octanol–water partition coefficient (Wildman–Crippen LogP) is 6.76. The van der Waals surface area contributed by atoms with Crippen LogP contribution >= 0.6 is 13.5 Å². The number of allylic oxidation sites excluding steroid dienone is 1. The van der Waals surface area contributed by atoms with Gasteiger partial charge < -0.3 is 24.2 Å². The van der Waals surface area contributed by atoms with Gasteiger partial charge in [-0.2, -0.15) is 18.6 Å². The Morgan fingerprint density at radius 3 is 2.12 bits per heavy atom. The van der Waals surface area contributed by atoms with Crippen LogP contribution < -0.4 is 21.3 Å². The zero-order valence-corrected chi connectivity index (χ0v) is 43.6. The second-order valence-electron chi connectivity index (χ2n) is 19.4. The molecule has 15 nitrogen and oxygen atoms in total. The molecule has 0 bridgehead atoms. The molecular formula is C55H71FN8O7S. The molecule has 1 aliphatic carbocycles. The van der Waals surface area contributed by atoms with E-state index in [-0.39, 0.29) is 80.4 Å². The number of ether oxygens (including phenoxy) is 2. The molecule has 0 spiro atoms. The molecule has 17 heteroatoms. The van der Waals surface area contributed by atoms with Crippen molar-refractivity contribution in [1.29, 1.82) is 0 Å².